The molecule has 0 saturated heterocycles. The molecule has 0 aromatic carbocycles. The number of aliphatic hydroxyl groups is 2. The molecule has 0 bridgehead atoms. The molecule has 0 saturated carbocycles. The molecule has 0 aliphatic carbocycles. The van der Waals surface area contributed by atoms with Gasteiger partial charge in [-0.3, -0.25) is 14.3 Å². The minimum absolute atomic E-state index is 0. The van der Waals surface area contributed by atoms with Crippen molar-refractivity contribution in [1.82, 2.24) is 4.90 Å². The molecule has 35 heavy (non-hydrogen) atoms. The van der Waals surface area contributed by atoms with Crippen LogP contribution in [0.15, 0.2) is 12.2 Å². The van der Waals surface area contributed by atoms with E-state index in [9.17, 15) is 28.0 Å². The third kappa shape index (κ3) is 17.0. The van der Waals surface area contributed by atoms with Gasteiger partial charge in [-0.2, -0.15) is 0 Å². The fraction of sp³-hybridized carbons (Fsp3) is 0.840. The monoisotopic (exact) mass is 525 g/mol. The Hall–Kier alpha value is -0.290. The van der Waals surface area contributed by atoms with E-state index in [0.717, 1.165) is 32.1 Å². The summed E-state index contributed by atoms with van der Waals surface area (Å²) < 4.78 is 34.3. The van der Waals surface area contributed by atoms with Crippen molar-refractivity contribution in [2.45, 2.75) is 96.5 Å². The Balaban J connectivity index is 0.0000116. The van der Waals surface area contributed by atoms with Crippen LogP contribution in [0.1, 0.15) is 90.4 Å². The Morgan fingerprint density at radius 2 is 1.63 bits per heavy atom. The smallest absolute Gasteiger partial charge is 0.748 e. The summed E-state index contributed by atoms with van der Waals surface area (Å²) in [7, 11) is -4.54. The third-order valence-electron chi connectivity index (χ3n) is 6.10. The molecule has 0 amide bonds. The van der Waals surface area contributed by atoms with E-state index in [1.165, 1.54) is 44.9 Å². The molecular formula is C25H46N2NaO6S+. The molecule has 1 heterocycles. The average Bonchev–Trinajstić information content (AvgIpc) is 3.14. The van der Waals surface area contributed by atoms with Crippen molar-refractivity contribution in [2.75, 3.05) is 38.5 Å². The maximum Gasteiger partial charge on any atom is 1.00 e. The molecule has 1 aliphatic rings. The standard InChI is InChI=1S/C25H46N2O6S.Na/c1-2-3-4-5-6-7-8-9-10-11-12-13-14-15-16-24(30)25-26(19-20-28)17-18-27(25)21-23(29)22-34(31,32)33;/h10-11,23,28-29H,2-9,12-22H2,1H3;/q;+1/b11-10+;. The van der Waals surface area contributed by atoms with E-state index in [1.807, 2.05) is 0 Å². The molecule has 1 rings (SSSR count). The Morgan fingerprint density at radius 3 is 2.20 bits per heavy atom. The topological polar surface area (TPSA) is 121 Å². The molecule has 1 unspecified atom stereocenters. The summed E-state index contributed by atoms with van der Waals surface area (Å²) in [5.74, 6) is -0.541. The van der Waals surface area contributed by atoms with E-state index in [-0.39, 0.29) is 48.5 Å². The first kappa shape index (κ1) is 34.7. The molecular weight excluding hydrogens is 479 g/mol. The van der Waals surface area contributed by atoms with Crippen LogP contribution >= 0.6 is 0 Å². The van der Waals surface area contributed by atoms with E-state index in [1.54, 1.807) is 9.48 Å². The second-order valence-corrected chi connectivity index (χ2v) is 10.7. The van der Waals surface area contributed by atoms with Crippen molar-refractivity contribution in [1.29, 1.82) is 0 Å². The second-order valence-electron chi connectivity index (χ2n) is 9.26. The Morgan fingerprint density at radius 1 is 1.06 bits per heavy atom. The van der Waals surface area contributed by atoms with Crippen molar-refractivity contribution < 1.29 is 62.1 Å². The van der Waals surface area contributed by atoms with Crippen LogP contribution in [-0.4, -0.2) is 88.9 Å². The summed E-state index contributed by atoms with van der Waals surface area (Å²) in [4.78, 5) is 14.6. The number of carbonyl (C=O) groups is 1. The van der Waals surface area contributed by atoms with E-state index in [0.29, 0.717) is 31.9 Å². The van der Waals surface area contributed by atoms with Gasteiger partial charge in [0.2, 0.25) is 5.78 Å². The summed E-state index contributed by atoms with van der Waals surface area (Å²) in [5, 5.41) is 19.2. The number of unbranched alkanes of at least 4 members (excludes halogenated alkanes) is 10. The van der Waals surface area contributed by atoms with Gasteiger partial charge in [-0.1, -0.05) is 64.0 Å². The van der Waals surface area contributed by atoms with Crippen LogP contribution in [-0.2, 0) is 14.9 Å². The number of allylic oxidation sites excluding steroid dienone is 2. The van der Waals surface area contributed by atoms with Crippen molar-refractivity contribution in [3.63, 3.8) is 0 Å². The van der Waals surface area contributed by atoms with E-state index in [4.69, 9.17) is 0 Å². The summed E-state index contributed by atoms with van der Waals surface area (Å²) >= 11 is 0. The molecule has 198 valence electrons. The molecule has 0 radical (unpaired) electrons. The van der Waals surface area contributed by atoms with Crippen LogP contribution in [0, 0.1) is 0 Å². The summed E-state index contributed by atoms with van der Waals surface area (Å²) in [6.07, 6.45) is 17.7. The fourth-order valence-electron chi connectivity index (χ4n) is 4.36. The number of aliphatic hydroxyl groups excluding tert-OH is 2. The number of carbonyl (C=O) groups excluding carboxylic acids is 1. The van der Waals surface area contributed by atoms with Crippen molar-refractivity contribution in [2.24, 2.45) is 0 Å². The molecule has 10 heteroatoms. The van der Waals surface area contributed by atoms with Crippen LogP contribution in [0.5, 0.6) is 0 Å². The van der Waals surface area contributed by atoms with Gasteiger partial charge in [0.05, 0.1) is 22.5 Å². The van der Waals surface area contributed by atoms with Crippen molar-refractivity contribution in [3.05, 3.63) is 12.2 Å². The quantitative estimate of drug-likeness (QED) is 0.0702. The normalized spacial score (nSPS) is 15.1. The van der Waals surface area contributed by atoms with Crippen LogP contribution < -0.4 is 29.6 Å². The van der Waals surface area contributed by atoms with Crippen LogP contribution in [0.4, 0.5) is 0 Å². The Bertz CT molecular complexity index is 742. The number of hydrogen-bond donors (Lipinski definition) is 2. The van der Waals surface area contributed by atoms with Gasteiger partial charge in [-0.15, -0.1) is 0 Å². The number of amidine groups is 1. The number of rotatable bonds is 21. The predicted molar refractivity (Wildman–Crippen MR) is 134 cm³/mol. The minimum Gasteiger partial charge on any atom is -0.748 e. The zero-order valence-electron chi connectivity index (χ0n) is 22.0. The van der Waals surface area contributed by atoms with Crippen molar-refractivity contribution in [3.8, 4) is 0 Å². The largest absolute Gasteiger partial charge is 1.00 e. The first-order valence-electron chi connectivity index (χ1n) is 13.1. The molecule has 0 fully saturated rings. The SMILES string of the molecule is CCCCCCCCC/C=C/CCCCCC(=O)C1=[N+](CC(O)CS(=O)(=O)[O-])CCN1CCO.[Na+]. The van der Waals surface area contributed by atoms with Crippen molar-refractivity contribution >= 4 is 21.7 Å². The van der Waals surface area contributed by atoms with Gasteiger partial charge < -0.3 is 14.8 Å². The average molecular weight is 526 g/mol. The minimum atomic E-state index is -4.54. The maximum atomic E-state index is 12.8. The zero-order valence-corrected chi connectivity index (χ0v) is 24.8. The van der Waals surface area contributed by atoms with Gasteiger partial charge in [0.25, 0.3) is 0 Å². The summed E-state index contributed by atoms with van der Waals surface area (Å²) in [5.41, 5.74) is 0. The first-order chi connectivity index (χ1) is 16.3. The molecule has 0 aromatic rings. The third-order valence-corrected chi connectivity index (χ3v) is 6.89. The fourth-order valence-corrected chi connectivity index (χ4v) is 4.93. The molecule has 8 nitrogen and oxygen atoms in total. The first-order valence-corrected chi connectivity index (χ1v) is 14.6. The predicted octanol–water partition coefficient (Wildman–Crippen LogP) is -0.168. The Labute approximate surface area is 234 Å². The van der Waals surface area contributed by atoms with E-state index >= 15 is 0 Å². The zero-order chi connectivity index (χ0) is 25.2. The van der Waals surface area contributed by atoms with E-state index < -0.39 is 22.0 Å². The molecule has 0 spiro atoms. The second kappa shape index (κ2) is 20.7. The molecule has 0 aromatic heterocycles. The van der Waals surface area contributed by atoms with Crippen LogP contribution in [0.3, 0.4) is 0 Å². The summed E-state index contributed by atoms with van der Waals surface area (Å²) in [6, 6.07) is 0. The Kier molecular flexibility index (Phi) is 20.6. The van der Waals surface area contributed by atoms with Gasteiger partial charge in [-0.25, -0.2) is 8.42 Å². The number of β-amino-alcohol motifs (C(OH)–C–C–N with tert-alkyl or cyclic N) is 2. The number of Topliss-reactive ketones (excluding diaryl/α,β-unsaturated/α-hetero) is 1. The molecule has 1 atom stereocenters. The van der Waals surface area contributed by atoms with Gasteiger partial charge in [0.1, 0.15) is 32.3 Å². The molecule has 2 N–H and O–H groups in total. The van der Waals surface area contributed by atoms with Gasteiger partial charge >= 0.3 is 35.4 Å². The van der Waals surface area contributed by atoms with Gasteiger partial charge in [0, 0.05) is 6.42 Å². The van der Waals surface area contributed by atoms with Crippen LogP contribution in [0.2, 0.25) is 0 Å². The van der Waals surface area contributed by atoms with E-state index in [2.05, 4.69) is 19.1 Å². The summed E-state index contributed by atoms with van der Waals surface area (Å²) in [6.45, 7) is 3.31. The van der Waals surface area contributed by atoms with Crippen LogP contribution in [0.25, 0.3) is 0 Å². The number of nitrogens with zero attached hydrogens (tertiary/aromatic N) is 2. The van der Waals surface area contributed by atoms with Gasteiger partial charge in [-0.05, 0) is 32.1 Å². The number of ketones is 1. The number of hydrogen-bond acceptors (Lipinski definition) is 7. The van der Waals surface area contributed by atoms with Gasteiger partial charge in [0.15, 0.2) is 0 Å². The molecule has 1 aliphatic heterocycles. The maximum absolute atomic E-state index is 12.8.